The lowest BCUT2D eigenvalue weighted by Crippen LogP contribution is -2.54. The summed E-state index contributed by atoms with van der Waals surface area (Å²) in [5, 5.41) is 13.3. The lowest BCUT2D eigenvalue weighted by atomic mass is 10.0. The zero-order valence-electron chi connectivity index (χ0n) is 22.4. The fraction of sp³-hybridized carbons (Fsp3) is 0.625. The number of hydrogen-bond donors (Lipinski definition) is 3. The number of sulfone groups is 1. The number of rotatable bonds is 16. The zero-order valence-corrected chi connectivity index (χ0v) is 23.2. The van der Waals surface area contributed by atoms with E-state index in [0.717, 1.165) is 31.9 Å². The molecule has 0 aliphatic heterocycles. The second-order valence-corrected chi connectivity index (χ2v) is 11.5. The molecule has 2 aromatic rings. The van der Waals surface area contributed by atoms with Crippen LogP contribution in [-0.2, 0) is 30.8 Å². The number of amides is 3. The van der Waals surface area contributed by atoms with Gasteiger partial charge in [0.05, 0.1) is 6.20 Å². The first-order valence-corrected chi connectivity index (χ1v) is 14.6. The Bertz CT molecular complexity index is 1180. The number of unbranched alkanes of at least 4 members (excludes halogenated alkanes) is 3. The Balaban J connectivity index is 1.77. The minimum Gasteiger partial charge on any atom is -0.368 e. The summed E-state index contributed by atoms with van der Waals surface area (Å²) in [6.07, 6.45) is 10.0. The molecule has 4 N–H and O–H groups in total. The van der Waals surface area contributed by atoms with Crippen LogP contribution >= 0.6 is 0 Å². The minimum atomic E-state index is -3.48. The quantitative estimate of drug-likeness (QED) is 0.202. The summed E-state index contributed by atoms with van der Waals surface area (Å²) >= 11 is 0. The third-order valence-electron chi connectivity index (χ3n) is 5.86. The van der Waals surface area contributed by atoms with E-state index in [2.05, 4.69) is 30.9 Å². The van der Waals surface area contributed by atoms with E-state index in [1.54, 1.807) is 10.9 Å². The van der Waals surface area contributed by atoms with E-state index in [4.69, 9.17) is 5.73 Å². The van der Waals surface area contributed by atoms with Gasteiger partial charge < -0.3 is 16.4 Å². The van der Waals surface area contributed by atoms with Crippen LogP contribution in [0, 0.1) is 5.92 Å². The molecule has 1 unspecified atom stereocenters. The molecule has 210 valence electrons. The van der Waals surface area contributed by atoms with Gasteiger partial charge in [-0.25, -0.2) is 18.4 Å². The molecule has 13 nitrogen and oxygen atoms in total. The Hall–Kier alpha value is -3.42. The fourth-order valence-electron chi connectivity index (χ4n) is 3.65. The molecule has 0 fully saturated rings. The molecule has 0 spiro atoms. The summed E-state index contributed by atoms with van der Waals surface area (Å²) in [7, 11) is -3.48. The van der Waals surface area contributed by atoms with Crippen molar-refractivity contribution in [3.05, 3.63) is 18.6 Å². The van der Waals surface area contributed by atoms with Gasteiger partial charge in [-0.2, -0.15) is 0 Å². The molecule has 2 aromatic heterocycles. The van der Waals surface area contributed by atoms with Crippen molar-refractivity contribution in [3.63, 3.8) is 0 Å². The Morgan fingerprint density at radius 2 is 1.74 bits per heavy atom. The van der Waals surface area contributed by atoms with Crippen LogP contribution < -0.4 is 16.4 Å². The van der Waals surface area contributed by atoms with Crippen molar-refractivity contribution in [2.24, 2.45) is 11.7 Å². The monoisotopic (exact) mass is 550 g/mol. The van der Waals surface area contributed by atoms with Gasteiger partial charge in [-0.05, 0) is 25.2 Å². The molecule has 0 bridgehead atoms. The van der Waals surface area contributed by atoms with E-state index in [1.165, 1.54) is 12.4 Å². The lowest BCUT2D eigenvalue weighted by molar-refractivity contribution is -0.132. The SMILES string of the molecule is CCCCC(NC(=O)[C@@H](NC(=O)CCCCCn1cc(-c2cnc(S(C)(=O)=O)nc2)nn1)C(C)C)C(N)=O. The van der Waals surface area contributed by atoms with E-state index >= 15 is 0 Å². The van der Waals surface area contributed by atoms with Gasteiger partial charge in [0.1, 0.15) is 17.8 Å². The number of aromatic nitrogens is 5. The largest absolute Gasteiger partial charge is 0.368 e. The summed E-state index contributed by atoms with van der Waals surface area (Å²) < 4.78 is 24.6. The first kappa shape index (κ1) is 30.8. The van der Waals surface area contributed by atoms with Crippen molar-refractivity contribution in [2.45, 2.75) is 89.5 Å². The Labute approximate surface area is 223 Å². The van der Waals surface area contributed by atoms with Crippen LogP contribution in [0.4, 0.5) is 0 Å². The predicted molar refractivity (Wildman–Crippen MR) is 140 cm³/mol. The lowest BCUT2D eigenvalue weighted by Gasteiger charge is -2.24. The molecule has 0 saturated carbocycles. The number of carbonyl (C=O) groups excluding carboxylic acids is 3. The van der Waals surface area contributed by atoms with Gasteiger partial charge in [0.15, 0.2) is 0 Å². The average Bonchev–Trinajstić information content (AvgIpc) is 3.33. The van der Waals surface area contributed by atoms with Crippen LogP contribution in [0.25, 0.3) is 11.3 Å². The predicted octanol–water partition coefficient (Wildman–Crippen LogP) is 1.00. The molecular weight excluding hydrogens is 512 g/mol. The highest BCUT2D eigenvalue weighted by Gasteiger charge is 2.27. The van der Waals surface area contributed by atoms with Crippen LogP contribution in [0.2, 0.25) is 0 Å². The number of carbonyl (C=O) groups is 3. The molecule has 38 heavy (non-hydrogen) atoms. The number of hydrogen-bond acceptors (Lipinski definition) is 9. The highest BCUT2D eigenvalue weighted by molar-refractivity contribution is 7.90. The van der Waals surface area contributed by atoms with Crippen LogP contribution in [0.1, 0.15) is 65.7 Å². The summed E-state index contributed by atoms with van der Waals surface area (Å²) in [5.41, 5.74) is 6.49. The summed E-state index contributed by atoms with van der Waals surface area (Å²) in [6, 6.07) is -1.51. The van der Waals surface area contributed by atoms with Crippen molar-refractivity contribution in [1.29, 1.82) is 0 Å². The molecule has 0 aromatic carbocycles. The number of nitrogens with zero attached hydrogens (tertiary/aromatic N) is 5. The molecule has 2 atom stereocenters. The molecule has 2 rings (SSSR count). The van der Waals surface area contributed by atoms with Crippen LogP contribution in [0.3, 0.4) is 0 Å². The molecule has 14 heteroatoms. The molecule has 2 heterocycles. The normalized spacial score (nSPS) is 13.2. The maximum absolute atomic E-state index is 12.7. The number of nitrogens with one attached hydrogen (secondary N) is 2. The Kier molecular flexibility index (Phi) is 11.8. The highest BCUT2D eigenvalue weighted by Crippen LogP contribution is 2.15. The summed E-state index contributed by atoms with van der Waals surface area (Å²) in [6.45, 7) is 6.22. The Morgan fingerprint density at radius 1 is 1.05 bits per heavy atom. The van der Waals surface area contributed by atoms with Gasteiger partial charge in [-0.15, -0.1) is 5.10 Å². The first-order chi connectivity index (χ1) is 17.9. The van der Waals surface area contributed by atoms with Crippen LogP contribution in [-0.4, -0.2) is 69.4 Å². The first-order valence-electron chi connectivity index (χ1n) is 12.7. The average molecular weight is 551 g/mol. The van der Waals surface area contributed by atoms with Gasteiger partial charge in [0, 0.05) is 37.2 Å². The number of aryl methyl sites for hydroxylation is 1. The molecule has 0 radical (unpaired) electrons. The van der Waals surface area contributed by atoms with E-state index in [0.29, 0.717) is 30.6 Å². The maximum Gasteiger partial charge on any atom is 0.246 e. The zero-order chi connectivity index (χ0) is 28.3. The van der Waals surface area contributed by atoms with E-state index in [1.807, 2.05) is 20.8 Å². The van der Waals surface area contributed by atoms with Gasteiger partial charge in [-0.1, -0.05) is 45.2 Å². The van der Waals surface area contributed by atoms with Crippen LogP contribution in [0.5, 0.6) is 0 Å². The van der Waals surface area contributed by atoms with Gasteiger partial charge in [0.2, 0.25) is 32.7 Å². The van der Waals surface area contributed by atoms with E-state index in [9.17, 15) is 22.8 Å². The molecule has 0 saturated heterocycles. The second-order valence-electron chi connectivity index (χ2n) is 9.60. The van der Waals surface area contributed by atoms with Crippen molar-refractivity contribution in [2.75, 3.05) is 6.26 Å². The van der Waals surface area contributed by atoms with Crippen LogP contribution in [0.15, 0.2) is 23.7 Å². The topological polar surface area (TPSA) is 192 Å². The number of nitrogens with two attached hydrogens (primary N) is 1. The summed E-state index contributed by atoms with van der Waals surface area (Å²) in [5.74, 6) is -1.39. The summed E-state index contributed by atoms with van der Waals surface area (Å²) in [4.78, 5) is 44.6. The van der Waals surface area contributed by atoms with Gasteiger partial charge in [0.25, 0.3) is 0 Å². The van der Waals surface area contributed by atoms with Crippen molar-refractivity contribution in [3.8, 4) is 11.3 Å². The third-order valence-corrected chi connectivity index (χ3v) is 6.73. The number of primary amides is 1. The molecular formula is C24H38N8O5S. The fourth-order valence-corrected chi connectivity index (χ4v) is 4.14. The van der Waals surface area contributed by atoms with Crippen molar-refractivity contribution >= 4 is 27.6 Å². The molecule has 3 amide bonds. The van der Waals surface area contributed by atoms with Crippen molar-refractivity contribution in [1.82, 2.24) is 35.6 Å². The third kappa shape index (κ3) is 9.80. The van der Waals surface area contributed by atoms with E-state index < -0.39 is 33.7 Å². The standard InChI is InChI=1S/C24H38N8O5S/c1-5-6-10-18(22(25)34)28-23(35)21(16(2)3)29-20(33)11-8-7-9-12-32-15-19(30-31-32)17-13-26-24(27-14-17)38(4,36)37/h13-16,18,21H,5-12H2,1-4H3,(H2,25,34)(H,28,35)(H,29,33)/t18?,21-/m0/s1. The second kappa shape index (κ2) is 14.5. The van der Waals surface area contributed by atoms with Crippen molar-refractivity contribution < 1.29 is 22.8 Å². The van der Waals surface area contributed by atoms with E-state index in [-0.39, 0.29) is 23.4 Å². The minimum absolute atomic E-state index is 0.159. The smallest absolute Gasteiger partial charge is 0.246 e. The molecule has 0 aliphatic rings. The van der Waals surface area contributed by atoms with Gasteiger partial charge >= 0.3 is 0 Å². The Morgan fingerprint density at radius 3 is 2.32 bits per heavy atom. The molecule has 0 aliphatic carbocycles. The maximum atomic E-state index is 12.7. The highest BCUT2D eigenvalue weighted by atomic mass is 32.2. The van der Waals surface area contributed by atoms with Gasteiger partial charge in [-0.3, -0.25) is 19.1 Å².